The molecule has 0 saturated heterocycles. The Morgan fingerprint density at radius 3 is 2.75 bits per heavy atom. The summed E-state index contributed by atoms with van der Waals surface area (Å²) < 4.78 is 0. The quantitative estimate of drug-likeness (QED) is 0.738. The molecule has 0 amide bonds. The van der Waals surface area contributed by atoms with Crippen molar-refractivity contribution < 1.29 is 0 Å². The highest BCUT2D eigenvalue weighted by Crippen LogP contribution is 2.08. The van der Waals surface area contributed by atoms with Gasteiger partial charge in [0.2, 0.25) is 0 Å². The summed E-state index contributed by atoms with van der Waals surface area (Å²) in [6, 6.07) is 1.91. The van der Waals surface area contributed by atoms with Crippen LogP contribution in [0.1, 0.15) is 20.3 Å². The Kier molecular flexibility index (Phi) is 5.64. The number of aromatic nitrogens is 1. The Morgan fingerprint density at radius 2 is 2.12 bits per heavy atom. The van der Waals surface area contributed by atoms with Crippen LogP contribution in [0, 0.1) is 0 Å². The van der Waals surface area contributed by atoms with Gasteiger partial charge in [-0.05, 0) is 25.6 Å². The van der Waals surface area contributed by atoms with Crippen LogP contribution in [-0.4, -0.2) is 36.1 Å². The van der Waals surface area contributed by atoms with Gasteiger partial charge in [0.1, 0.15) is 0 Å². The van der Waals surface area contributed by atoms with Crippen LogP contribution in [0.4, 0.5) is 11.4 Å². The van der Waals surface area contributed by atoms with Crippen molar-refractivity contribution in [3.8, 4) is 0 Å². The highest BCUT2D eigenvalue weighted by atomic mass is 15.1. The van der Waals surface area contributed by atoms with Crippen LogP contribution in [0.5, 0.6) is 0 Å². The molecule has 0 aliphatic heterocycles. The van der Waals surface area contributed by atoms with Crippen molar-refractivity contribution in [2.45, 2.75) is 20.3 Å². The van der Waals surface area contributed by atoms with Crippen molar-refractivity contribution in [2.24, 2.45) is 0 Å². The fourth-order valence-electron chi connectivity index (χ4n) is 1.66. The topological polar surface area (TPSA) is 54.2 Å². The fraction of sp³-hybridized carbons (Fsp3) is 0.583. The van der Waals surface area contributed by atoms with E-state index in [1.165, 1.54) is 6.42 Å². The zero-order valence-corrected chi connectivity index (χ0v) is 10.2. The van der Waals surface area contributed by atoms with Gasteiger partial charge in [0.05, 0.1) is 17.6 Å². The molecule has 0 radical (unpaired) electrons. The molecule has 1 aromatic heterocycles. The molecule has 0 aliphatic rings. The molecule has 0 unspecified atom stereocenters. The molecule has 16 heavy (non-hydrogen) atoms. The van der Waals surface area contributed by atoms with E-state index in [4.69, 9.17) is 5.73 Å². The summed E-state index contributed by atoms with van der Waals surface area (Å²) in [6.45, 7) is 8.64. The van der Waals surface area contributed by atoms with Gasteiger partial charge in [-0.2, -0.15) is 0 Å². The normalized spacial score (nSPS) is 10.7. The minimum Gasteiger partial charge on any atom is -0.397 e. The van der Waals surface area contributed by atoms with Crippen LogP contribution >= 0.6 is 0 Å². The predicted octanol–water partition coefficient (Wildman–Crippen LogP) is 1.81. The second kappa shape index (κ2) is 7.06. The van der Waals surface area contributed by atoms with Crippen molar-refractivity contribution in [1.29, 1.82) is 0 Å². The molecule has 0 atom stereocenters. The van der Waals surface area contributed by atoms with Crippen LogP contribution in [0.15, 0.2) is 18.5 Å². The Balaban J connectivity index is 2.29. The first-order valence-electron chi connectivity index (χ1n) is 5.93. The third-order valence-electron chi connectivity index (χ3n) is 2.50. The van der Waals surface area contributed by atoms with Crippen LogP contribution in [0.25, 0.3) is 0 Å². The van der Waals surface area contributed by atoms with Gasteiger partial charge in [0.15, 0.2) is 0 Å². The average molecular weight is 222 g/mol. The van der Waals surface area contributed by atoms with Gasteiger partial charge >= 0.3 is 0 Å². The van der Waals surface area contributed by atoms with E-state index in [1.54, 1.807) is 12.4 Å². The average Bonchev–Trinajstić information content (AvgIpc) is 2.28. The molecule has 4 heteroatoms. The van der Waals surface area contributed by atoms with E-state index in [0.29, 0.717) is 5.69 Å². The second-order valence-corrected chi connectivity index (χ2v) is 3.87. The Morgan fingerprint density at radius 1 is 1.31 bits per heavy atom. The van der Waals surface area contributed by atoms with Crippen molar-refractivity contribution in [3.63, 3.8) is 0 Å². The molecule has 0 aliphatic carbocycles. The SMILES string of the molecule is CCCN(CC)CCNc1cncc(N)c1. The van der Waals surface area contributed by atoms with Crippen molar-refractivity contribution in [1.82, 2.24) is 9.88 Å². The second-order valence-electron chi connectivity index (χ2n) is 3.87. The molecule has 0 saturated carbocycles. The predicted molar refractivity (Wildman–Crippen MR) is 69.5 cm³/mol. The van der Waals surface area contributed by atoms with E-state index in [2.05, 4.69) is 29.0 Å². The number of pyridine rings is 1. The lowest BCUT2D eigenvalue weighted by Crippen LogP contribution is -2.29. The monoisotopic (exact) mass is 222 g/mol. The van der Waals surface area contributed by atoms with Gasteiger partial charge in [-0.3, -0.25) is 4.98 Å². The Bertz CT molecular complexity index is 301. The molecule has 0 aromatic carbocycles. The number of likely N-dealkylation sites (N-methyl/N-ethyl adjacent to an activating group) is 1. The molecule has 3 N–H and O–H groups in total. The van der Waals surface area contributed by atoms with Gasteiger partial charge in [-0.1, -0.05) is 13.8 Å². The standard InChI is InChI=1S/C12H22N4/c1-3-6-16(4-2)7-5-15-12-8-11(13)9-14-10-12/h8-10,15H,3-7,13H2,1-2H3. The third-order valence-corrected chi connectivity index (χ3v) is 2.50. The van der Waals surface area contributed by atoms with Crippen molar-refractivity contribution in [3.05, 3.63) is 18.5 Å². The number of nitrogen functional groups attached to an aromatic ring is 1. The smallest absolute Gasteiger partial charge is 0.0547 e. The van der Waals surface area contributed by atoms with Gasteiger partial charge in [-0.15, -0.1) is 0 Å². The molecule has 0 bridgehead atoms. The molecule has 0 spiro atoms. The van der Waals surface area contributed by atoms with Crippen LogP contribution in [0.2, 0.25) is 0 Å². The maximum absolute atomic E-state index is 5.65. The van der Waals surface area contributed by atoms with Crippen molar-refractivity contribution >= 4 is 11.4 Å². The fourth-order valence-corrected chi connectivity index (χ4v) is 1.66. The molecule has 0 fully saturated rings. The van der Waals surface area contributed by atoms with E-state index in [9.17, 15) is 0 Å². The first-order chi connectivity index (χ1) is 7.76. The van der Waals surface area contributed by atoms with Gasteiger partial charge in [0, 0.05) is 19.3 Å². The van der Waals surface area contributed by atoms with Gasteiger partial charge < -0.3 is 16.0 Å². The zero-order valence-electron chi connectivity index (χ0n) is 10.2. The summed E-state index contributed by atoms with van der Waals surface area (Å²) in [6.07, 6.45) is 4.65. The molecule has 90 valence electrons. The highest BCUT2D eigenvalue weighted by Gasteiger charge is 2.00. The Labute approximate surface area is 97.9 Å². The maximum atomic E-state index is 5.65. The van der Waals surface area contributed by atoms with Gasteiger partial charge in [-0.25, -0.2) is 0 Å². The Hall–Kier alpha value is -1.29. The van der Waals surface area contributed by atoms with E-state index in [0.717, 1.165) is 31.9 Å². The largest absolute Gasteiger partial charge is 0.397 e. The number of anilines is 2. The summed E-state index contributed by atoms with van der Waals surface area (Å²) >= 11 is 0. The first kappa shape index (κ1) is 12.8. The third kappa shape index (κ3) is 4.49. The minimum absolute atomic E-state index is 0.700. The van der Waals surface area contributed by atoms with E-state index < -0.39 is 0 Å². The number of rotatable bonds is 7. The zero-order chi connectivity index (χ0) is 11.8. The maximum Gasteiger partial charge on any atom is 0.0547 e. The van der Waals surface area contributed by atoms with E-state index in [-0.39, 0.29) is 0 Å². The summed E-state index contributed by atoms with van der Waals surface area (Å²) in [5.41, 5.74) is 7.34. The molecule has 4 nitrogen and oxygen atoms in total. The molecule has 1 heterocycles. The van der Waals surface area contributed by atoms with Crippen LogP contribution in [-0.2, 0) is 0 Å². The minimum atomic E-state index is 0.700. The number of hydrogen-bond donors (Lipinski definition) is 2. The number of nitrogens with one attached hydrogen (secondary N) is 1. The number of hydrogen-bond acceptors (Lipinski definition) is 4. The lowest BCUT2D eigenvalue weighted by molar-refractivity contribution is 0.300. The number of nitrogens with two attached hydrogens (primary N) is 1. The summed E-state index contributed by atoms with van der Waals surface area (Å²) in [5.74, 6) is 0. The molecular formula is C12H22N4. The lowest BCUT2D eigenvalue weighted by Gasteiger charge is -2.19. The summed E-state index contributed by atoms with van der Waals surface area (Å²) in [4.78, 5) is 6.46. The van der Waals surface area contributed by atoms with Crippen LogP contribution < -0.4 is 11.1 Å². The summed E-state index contributed by atoms with van der Waals surface area (Å²) in [5, 5.41) is 3.32. The van der Waals surface area contributed by atoms with E-state index >= 15 is 0 Å². The molecule has 1 rings (SSSR count). The summed E-state index contributed by atoms with van der Waals surface area (Å²) in [7, 11) is 0. The molecule has 1 aromatic rings. The lowest BCUT2D eigenvalue weighted by atomic mass is 10.3. The first-order valence-corrected chi connectivity index (χ1v) is 5.93. The van der Waals surface area contributed by atoms with Gasteiger partial charge in [0.25, 0.3) is 0 Å². The number of nitrogens with zero attached hydrogens (tertiary/aromatic N) is 2. The van der Waals surface area contributed by atoms with Crippen LogP contribution in [0.3, 0.4) is 0 Å². The van der Waals surface area contributed by atoms with Crippen molar-refractivity contribution in [2.75, 3.05) is 37.2 Å². The highest BCUT2D eigenvalue weighted by molar-refractivity contribution is 5.51. The molecular weight excluding hydrogens is 200 g/mol. The van der Waals surface area contributed by atoms with E-state index in [1.807, 2.05) is 6.07 Å².